The van der Waals surface area contributed by atoms with Gasteiger partial charge in [-0.05, 0) is 0 Å². The SMILES string of the molecule is c1cnc2c(n1)CCNN2. The van der Waals surface area contributed by atoms with E-state index >= 15 is 0 Å². The van der Waals surface area contributed by atoms with E-state index in [9.17, 15) is 0 Å². The van der Waals surface area contributed by atoms with Crippen molar-refractivity contribution in [1.82, 2.24) is 15.4 Å². The van der Waals surface area contributed by atoms with Gasteiger partial charge in [0, 0.05) is 25.4 Å². The highest BCUT2D eigenvalue weighted by atomic mass is 15.4. The van der Waals surface area contributed by atoms with Crippen LogP contribution in [-0.2, 0) is 6.42 Å². The molecule has 2 rings (SSSR count). The van der Waals surface area contributed by atoms with Crippen molar-refractivity contribution in [1.29, 1.82) is 0 Å². The lowest BCUT2D eigenvalue weighted by molar-refractivity contribution is 0.718. The predicted molar refractivity (Wildman–Crippen MR) is 37.4 cm³/mol. The number of hydrogen-bond acceptors (Lipinski definition) is 4. The zero-order valence-electron chi connectivity index (χ0n) is 5.46. The fraction of sp³-hybridized carbons (Fsp3) is 0.333. The van der Waals surface area contributed by atoms with Gasteiger partial charge in [0.15, 0.2) is 5.82 Å². The maximum atomic E-state index is 4.15. The molecule has 0 spiro atoms. The van der Waals surface area contributed by atoms with Crippen LogP contribution in [0.2, 0.25) is 0 Å². The lowest BCUT2D eigenvalue weighted by Crippen LogP contribution is -2.30. The molecule has 1 aliphatic rings. The average molecular weight is 136 g/mol. The third-order valence-corrected chi connectivity index (χ3v) is 1.47. The molecule has 4 heteroatoms. The van der Waals surface area contributed by atoms with Crippen LogP contribution in [-0.4, -0.2) is 16.5 Å². The van der Waals surface area contributed by atoms with Crippen molar-refractivity contribution in [3.63, 3.8) is 0 Å². The normalized spacial score (nSPS) is 15.6. The fourth-order valence-electron chi connectivity index (χ4n) is 0.981. The van der Waals surface area contributed by atoms with Gasteiger partial charge in [0.25, 0.3) is 0 Å². The van der Waals surface area contributed by atoms with Gasteiger partial charge < -0.3 is 5.43 Å². The molecule has 0 amide bonds. The molecule has 10 heavy (non-hydrogen) atoms. The Bertz CT molecular complexity index is 210. The highest BCUT2D eigenvalue weighted by molar-refractivity contribution is 5.39. The van der Waals surface area contributed by atoms with E-state index in [1.165, 1.54) is 0 Å². The zero-order valence-corrected chi connectivity index (χ0v) is 5.46. The van der Waals surface area contributed by atoms with Crippen LogP contribution in [0.1, 0.15) is 5.69 Å². The van der Waals surface area contributed by atoms with Gasteiger partial charge in [-0.3, -0.25) is 4.98 Å². The quantitative estimate of drug-likeness (QED) is 0.525. The summed E-state index contributed by atoms with van der Waals surface area (Å²) >= 11 is 0. The maximum Gasteiger partial charge on any atom is 0.162 e. The molecule has 52 valence electrons. The van der Waals surface area contributed by atoms with Crippen LogP contribution >= 0.6 is 0 Å². The molecule has 0 bridgehead atoms. The summed E-state index contributed by atoms with van der Waals surface area (Å²) in [5.41, 5.74) is 6.97. The first kappa shape index (κ1) is 5.61. The number of rotatable bonds is 0. The minimum absolute atomic E-state index is 0.855. The number of hydrogen-bond donors (Lipinski definition) is 2. The summed E-state index contributed by atoms with van der Waals surface area (Å²) in [6.45, 7) is 0.922. The summed E-state index contributed by atoms with van der Waals surface area (Å²) in [4.78, 5) is 8.24. The number of nitrogens with zero attached hydrogens (tertiary/aromatic N) is 2. The van der Waals surface area contributed by atoms with Gasteiger partial charge in [-0.15, -0.1) is 0 Å². The maximum absolute atomic E-state index is 4.15. The van der Waals surface area contributed by atoms with E-state index in [2.05, 4.69) is 20.8 Å². The van der Waals surface area contributed by atoms with E-state index < -0.39 is 0 Å². The molecular formula is C6H8N4. The molecule has 0 saturated carbocycles. The summed E-state index contributed by atoms with van der Waals surface area (Å²) in [7, 11) is 0. The monoisotopic (exact) mass is 136 g/mol. The van der Waals surface area contributed by atoms with E-state index in [0.717, 1.165) is 24.5 Å². The summed E-state index contributed by atoms with van der Waals surface area (Å²) in [5.74, 6) is 0.855. The van der Waals surface area contributed by atoms with E-state index in [1.54, 1.807) is 12.4 Å². The van der Waals surface area contributed by atoms with Crippen LogP contribution in [0.15, 0.2) is 12.4 Å². The summed E-state index contributed by atoms with van der Waals surface area (Å²) < 4.78 is 0. The Morgan fingerprint density at radius 2 is 2.20 bits per heavy atom. The predicted octanol–water partition coefficient (Wildman–Crippen LogP) is -0.0508. The number of anilines is 1. The molecule has 4 nitrogen and oxygen atoms in total. The Labute approximate surface area is 58.7 Å². The van der Waals surface area contributed by atoms with Crippen LogP contribution in [0.3, 0.4) is 0 Å². The molecule has 0 unspecified atom stereocenters. The molecule has 0 aromatic carbocycles. The molecule has 0 radical (unpaired) electrons. The van der Waals surface area contributed by atoms with Gasteiger partial charge in [0.05, 0.1) is 5.69 Å². The highest BCUT2D eigenvalue weighted by Crippen LogP contribution is 2.09. The number of nitrogens with one attached hydrogen (secondary N) is 2. The smallest absolute Gasteiger partial charge is 0.162 e. The van der Waals surface area contributed by atoms with Crippen molar-refractivity contribution in [3.05, 3.63) is 18.1 Å². The van der Waals surface area contributed by atoms with Crippen LogP contribution in [0.5, 0.6) is 0 Å². The average Bonchev–Trinajstić information content (AvgIpc) is 2.05. The highest BCUT2D eigenvalue weighted by Gasteiger charge is 2.07. The first-order chi connectivity index (χ1) is 4.97. The molecule has 1 aromatic heterocycles. The van der Waals surface area contributed by atoms with Crippen LogP contribution < -0.4 is 10.9 Å². The van der Waals surface area contributed by atoms with Crippen molar-refractivity contribution >= 4 is 5.82 Å². The Balaban J connectivity index is 2.41. The van der Waals surface area contributed by atoms with Crippen molar-refractivity contribution in [3.8, 4) is 0 Å². The summed E-state index contributed by atoms with van der Waals surface area (Å²) in [6.07, 6.45) is 4.35. The van der Waals surface area contributed by atoms with Gasteiger partial charge in [-0.1, -0.05) is 0 Å². The van der Waals surface area contributed by atoms with Crippen LogP contribution in [0, 0.1) is 0 Å². The molecule has 1 aliphatic heterocycles. The Morgan fingerprint density at radius 3 is 3.10 bits per heavy atom. The number of aromatic nitrogens is 2. The standard InChI is InChI=1S/C6H8N4/c1-2-9-10-6-5(1)7-3-4-8-6/h3-4,9H,1-2H2,(H,8,10). The topological polar surface area (TPSA) is 49.8 Å². The third kappa shape index (κ3) is 0.823. The lowest BCUT2D eigenvalue weighted by Gasteiger charge is -2.15. The van der Waals surface area contributed by atoms with E-state index in [1.807, 2.05) is 0 Å². The van der Waals surface area contributed by atoms with E-state index in [0.29, 0.717) is 0 Å². The Kier molecular flexibility index (Phi) is 1.25. The Morgan fingerprint density at radius 1 is 1.30 bits per heavy atom. The molecule has 1 aromatic rings. The Hall–Kier alpha value is -1.16. The van der Waals surface area contributed by atoms with Gasteiger partial charge in [0.2, 0.25) is 0 Å². The zero-order chi connectivity index (χ0) is 6.81. The van der Waals surface area contributed by atoms with Gasteiger partial charge in [0.1, 0.15) is 0 Å². The van der Waals surface area contributed by atoms with Crippen molar-refractivity contribution in [2.24, 2.45) is 0 Å². The number of fused-ring (bicyclic) bond motifs is 1. The van der Waals surface area contributed by atoms with Crippen molar-refractivity contribution in [2.45, 2.75) is 6.42 Å². The minimum atomic E-state index is 0.855. The van der Waals surface area contributed by atoms with E-state index in [4.69, 9.17) is 0 Å². The molecular weight excluding hydrogens is 128 g/mol. The van der Waals surface area contributed by atoms with Gasteiger partial charge >= 0.3 is 0 Å². The number of hydrazine groups is 1. The van der Waals surface area contributed by atoms with Crippen molar-refractivity contribution in [2.75, 3.05) is 12.0 Å². The second-order valence-corrected chi connectivity index (χ2v) is 2.15. The fourth-order valence-corrected chi connectivity index (χ4v) is 0.981. The van der Waals surface area contributed by atoms with Crippen molar-refractivity contribution < 1.29 is 0 Å². The van der Waals surface area contributed by atoms with Gasteiger partial charge in [-0.25, -0.2) is 10.4 Å². The largest absolute Gasteiger partial charge is 0.304 e. The molecule has 2 heterocycles. The first-order valence-electron chi connectivity index (χ1n) is 3.25. The minimum Gasteiger partial charge on any atom is -0.304 e. The first-order valence-corrected chi connectivity index (χ1v) is 3.25. The molecule has 0 saturated heterocycles. The second-order valence-electron chi connectivity index (χ2n) is 2.15. The summed E-state index contributed by atoms with van der Waals surface area (Å²) in [5, 5.41) is 0. The molecule has 0 fully saturated rings. The lowest BCUT2D eigenvalue weighted by atomic mass is 10.3. The molecule has 0 aliphatic carbocycles. The van der Waals surface area contributed by atoms with Crippen LogP contribution in [0.4, 0.5) is 5.82 Å². The third-order valence-electron chi connectivity index (χ3n) is 1.47. The molecule has 2 N–H and O–H groups in total. The van der Waals surface area contributed by atoms with E-state index in [-0.39, 0.29) is 0 Å². The second kappa shape index (κ2) is 2.22. The van der Waals surface area contributed by atoms with Crippen LogP contribution in [0.25, 0.3) is 0 Å². The van der Waals surface area contributed by atoms with Gasteiger partial charge in [-0.2, -0.15) is 0 Å². The summed E-state index contributed by atoms with van der Waals surface area (Å²) in [6, 6.07) is 0. The molecule has 0 atom stereocenters.